The molecule has 0 fully saturated rings. The normalized spacial score (nSPS) is 11.5. The fraction of sp³-hybridized carbons (Fsp3) is 0.222. The number of hydrazine groups is 1. The molecule has 0 aromatic heterocycles. The molecular formula is C9H12ClN3. The molecule has 4 heteroatoms. The van der Waals surface area contributed by atoms with Crippen LogP contribution in [0.15, 0.2) is 23.2 Å². The smallest absolute Gasteiger partial charge is 0.142 e. The van der Waals surface area contributed by atoms with Crippen LogP contribution in [0.1, 0.15) is 11.1 Å². The minimum Gasteiger partial charge on any atom is -0.308 e. The maximum Gasteiger partial charge on any atom is 0.142 e. The van der Waals surface area contributed by atoms with E-state index in [4.69, 9.17) is 17.4 Å². The molecule has 0 amide bonds. The number of hydrogen-bond donors (Lipinski definition) is 2. The second-order valence-electron chi connectivity index (χ2n) is 2.63. The minimum absolute atomic E-state index is 0.639. The van der Waals surface area contributed by atoms with Crippen molar-refractivity contribution in [2.75, 3.05) is 7.05 Å². The lowest BCUT2D eigenvalue weighted by atomic mass is 10.1. The number of rotatable bonds is 1. The van der Waals surface area contributed by atoms with Crippen LogP contribution in [0.4, 0.5) is 0 Å². The summed E-state index contributed by atoms with van der Waals surface area (Å²) in [6.07, 6.45) is 0. The van der Waals surface area contributed by atoms with E-state index in [2.05, 4.69) is 10.4 Å². The first kappa shape index (κ1) is 10.0. The molecule has 0 saturated heterocycles. The van der Waals surface area contributed by atoms with Crippen LogP contribution >= 0.6 is 11.6 Å². The van der Waals surface area contributed by atoms with Gasteiger partial charge in [-0.25, -0.2) is 5.84 Å². The van der Waals surface area contributed by atoms with Gasteiger partial charge in [-0.3, -0.25) is 4.99 Å². The largest absolute Gasteiger partial charge is 0.308 e. The van der Waals surface area contributed by atoms with Gasteiger partial charge < -0.3 is 5.43 Å². The Kier molecular flexibility index (Phi) is 3.28. The quantitative estimate of drug-likeness (QED) is 0.310. The van der Waals surface area contributed by atoms with Crippen LogP contribution in [0.5, 0.6) is 0 Å². The lowest BCUT2D eigenvalue weighted by Crippen LogP contribution is -2.31. The fourth-order valence-electron chi connectivity index (χ4n) is 1.13. The number of amidine groups is 1. The van der Waals surface area contributed by atoms with Gasteiger partial charge in [0, 0.05) is 17.6 Å². The van der Waals surface area contributed by atoms with E-state index >= 15 is 0 Å². The summed E-state index contributed by atoms with van der Waals surface area (Å²) in [5.74, 6) is 5.95. The van der Waals surface area contributed by atoms with Gasteiger partial charge >= 0.3 is 0 Å². The van der Waals surface area contributed by atoms with Gasteiger partial charge in [-0.2, -0.15) is 0 Å². The summed E-state index contributed by atoms with van der Waals surface area (Å²) < 4.78 is 0. The Balaban J connectivity index is 3.22. The van der Waals surface area contributed by atoms with Crippen molar-refractivity contribution in [2.45, 2.75) is 6.92 Å². The van der Waals surface area contributed by atoms with E-state index in [0.29, 0.717) is 10.9 Å². The van der Waals surface area contributed by atoms with Crippen LogP contribution in [0.3, 0.4) is 0 Å². The Labute approximate surface area is 82.6 Å². The van der Waals surface area contributed by atoms with Crippen molar-refractivity contribution >= 4 is 17.4 Å². The molecule has 0 aliphatic heterocycles. The highest BCUT2D eigenvalue weighted by atomic mass is 35.5. The average molecular weight is 198 g/mol. The maximum absolute atomic E-state index is 5.95. The van der Waals surface area contributed by atoms with Crippen LogP contribution in [0.25, 0.3) is 0 Å². The van der Waals surface area contributed by atoms with E-state index in [1.165, 1.54) is 0 Å². The molecule has 0 spiro atoms. The third kappa shape index (κ3) is 1.99. The molecule has 0 aliphatic carbocycles. The van der Waals surface area contributed by atoms with E-state index in [1.54, 1.807) is 7.05 Å². The van der Waals surface area contributed by atoms with Crippen LogP contribution in [0.2, 0.25) is 5.02 Å². The van der Waals surface area contributed by atoms with Gasteiger partial charge in [0.1, 0.15) is 5.84 Å². The number of halogens is 1. The summed E-state index contributed by atoms with van der Waals surface area (Å²) in [7, 11) is 1.68. The molecule has 3 N–H and O–H groups in total. The van der Waals surface area contributed by atoms with Crippen molar-refractivity contribution in [3.8, 4) is 0 Å². The third-order valence-corrected chi connectivity index (χ3v) is 2.29. The van der Waals surface area contributed by atoms with Crippen molar-refractivity contribution in [1.29, 1.82) is 0 Å². The first-order valence-corrected chi connectivity index (χ1v) is 4.27. The van der Waals surface area contributed by atoms with Crippen LogP contribution in [-0.4, -0.2) is 12.9 Å². The average Bonchev–Trinajstić information content (AvgIpc) is 2.14. The molecule has 70 valence electrons. The van der Waals surface area contributed by atoms with Gasteiger partial charge in [0.25, 0.3) is 0 Å². The minimum atomic E-state index is 0.639. The van der Waals surface area contributed by atoms with Gasteiger partial charge in [-0.05, 0) is 18.6 Å². The predicted molar refractivity (Wildman–Crippen MR) is 56.0 cm³/mol. The molecule has 1 rings (SSSR count). The number of aliphatic imine (C=N–C) groups is 1. The van der Waals surface area contributed by atoms with Gasteiger partial charge in [0.05, 0.1) is 0 Å². The Bertz CT molecular complexity index is 334. The zero-order chi connectivity index (χ0) is 9.84. The van der Waals surface area contributed by atoms with Gasteiger partial charge in [0.15, 0.2) is 0 Å². The first-order chi connectivity index (χ1) is 6.20. The molecule has 1 aromatic rings. The lowest BCUT2D eigenvalue weighted by Gasteiger charge is -2.08. The zero-order valence-corrected chi connectivity index (χ0v) is 8.39. The molecule has 0 saturated carbocycles. The fourth-order valence-corrected chi connectivity index (χ4v) is 1.30. The van der Waals surface area contributed by atoms with Crippen molar-refractivity contribution in [2.24, 2.45) is 10.8 Å². The monoisotopic (exact) mass is 197 g/mol. The number of nitrogens with one attached hydrogen (secondary N) is 1. The van der Waals surface area contributed by atoms with E-state index < -0.39 is 0 Å². The van der Waals surface area contributed by atoms with Gasteiger partial charge in [-0.1, -0.05) is 23.7 Å². The van der Waals surface area contributed by atoms with E-state index in [0.717, 1.165) is 11.1 Å². The lowest BCUT2D eigenvalue weighted by molar-refractivity contribution is 1.02. The van der Waals surface area contributed by atoms with Crippen LogP contribution < -0.4 is 11.3 Å². The zero-order valence-electron chi connectivity index (χ0n) is 7.63. The summed E-state index contributed by atoms with van der Waals surface area (Å²) in [4.78, 5) is 4.00. The number of nitrogens with zero attached hydrogens (tertiary/aromatic N) is 1. The molecule has 0 unspecified atom stereocenters. The topological polar surface area (TPSA) is 50.4 Å². The van der Waals surface area contributed by atoms with Crippen LogP contribution in [0, 0.1) is 6.92 Å². The standard InChI is InChI=1S/C9H12ClN3/c1-6-7(9(12-2)13-11)4-3-5-8(6)10/h3-5H,11H2,1-2H3,(H,12,13). The highest BCUT2D eigenvalue weighted by Gasteiger charge is 2.06. The highest BCUT2D eigenvalue weighted by molar-refractivity contribution is 6.31. The maximum atomic E-state index is 5.95. The van der Waals surface area contributed by atoms with Crippen molar-refractivity contribution < 1.29 is 0 Å². The molecule has 0 atom stereocenters. The van der Waals surface area contributed by atoms with E-state index in [-0.39, 0.29) is 0 Å². The SMILES string of the molecule is CN=C(NN)c1cccc(Cl)c1C. The Morgan fingerprint density at radius 3 is 2.77 bits per heavy atom. The summed E-state index contributed by atoms with van der Waals surface area (Å²) in [6.45, 7) is 1.93. The molecule has 3 nitrogen and oxygen atoms in total. The van der Waals surface area contributed by atoms with Crippen LogP contribution in [-0.2, 0) is 0 Å². The van der Waals surface area contributed by atoms with E-state index in [1.807, 2.05) is 25.1 Å². The Morgan fingerprint density at radius 1 is 1.54 bits per heavy atom. The number of hydrogen-bond acceptors (Lipinski definition) is 2. The molecule has 0 aliphatic rings. The van der Waals surface area contributed by atoms with E-state index in [9.17, 15) is 0 Å². The molecule has 0 bridgehead atoms. The molecule has 0 radical (unpaired) electrons. The summed E-state index contributed by atoms with van der Waals surface area (Å²) in [6, 6.07) is 5.63. The molecule has 13 heavy (non-hydrogen) atoms. The second kappa shape index (κ2) is 4.25. The third-order valence-electron chi connectivity index (χ3n) is 1.88. The number of nitrogens with two attached hydrogens (primary N) is 1. The molecule has 1 aromatic carbocycles. The molecular weight excluding hydrogens is 186 g/mol. The molecule has 0 heterocycles. The van der Waals surface area contributed by atoms with Crippen molar-refractivity contribution in [3.05, 3.63) is 34.3 Å². The predicted octanol–water partition coefficient (Wildman–Crippen LogP) is 1.49. The second-order valence-corrected chi connectivity index (χ2v) is 3.04. The van der Waals surface area contributed by atoms with Crippen molar-refractivity contribution in [1.82, 2.24) is 5.43 Å². The van der Waals surface area contributed by atoms with Gasteiger partial charge in [0.2, 0.25) is 0 Å². The highest BCUT2D eigenvalue weighted by Crippen LogP contribution is 2.18. The summed E-state index contributed by atoms with van der Waals surface area (Å²) in [5.41, 5.74) is 4.43. The first-order valence-electron chi connectivity index (χ1n) is 3.89. The van der Waals surface area contributed by atoms with Gasteiger partial charge in [-0.15, -0.1) is 0 Å². The number of benzene rings is 1. The Morgan fingerprint density at radius 2 is 2.23 bits per heavy atom. The summed E-state index contributed by atoms with van der Waals surface area (Å²) >= 11 is 5.95. The van der Waals surface area contributed by atoms with Crippen molar-refractivity contribution in [3.63, 3.8) is 0 Å². The summed E-state index contributed by atoms with van der Waals surface area (Å²) in [5, 5.41) is 0.717. The Hall–Kier alpha value is -1.06.